The molecular weight excluding hydrogens is 268 g/mol. The number of halogens is 1. The number of aromatic nitrogens is 1. The second-order valence-electron chi connectivity index (χ2n) is 5.54. The van der Waals surface area contributed by atoms with Gasteiger partial charge in [0.2, 0.25) is 0 Å². The zero-order valence-corrected chi connectivity index (χ0v) is 12.3. The number of rotatable bonds is 5. The van der Waals surface area contributed by atoms with Crippen molar-refractivity contribution >= 4 is 11.6 Å². The van der Waals surface area contributed by atoms with Crippen LogP contribution >= 0.6 is 11.6 Å². The van der Waals surface area contributed by atoms with E-state index in [1.54, 1.807) is 0 Å². The van der Waals surface area contributed by atoms with Crippen molar-refractivity contribution < 1.29 is 0 Å². The van der Waals surface area contributed by atoms with Gasteiger partial charge in [-0.3, -0.25) is 4.98 Å². The van der Waals surface area contributed by atoms with Crippen molar-refractivity contribution in [3.8, 4) is 0 Å². The molecule has 1 aliphatic carbocycles. The molecule has 104 valence electrons. The number of hydrogen-bond acceptors (Lipinski definition) is 2. The minimum atomic E-state index is 0.319. The van der Waals surface area contributed by atoms with Crippen LogP contribution in [0, 0.1) is 5.92 Å². The Balaban J connectivity index is 1.76. The average molecular weight is 287 g/mol. The zero-order valence-electron chi connectivity index (χ0n) is 11.6. The van der Waals surface area contributed by atoms with E-state index >= 15 is 0 Å². The molecule has 1 aromatic carbocycles. The third-order valence-corrected chi connectivity index (χ3v) is 4.21. The van der Waals surface area contributed by atoms with Crippen molar-refractivity contribution in [1.29, 1.82) is 0 Å². The van der Waals surface area contributed by atoms with Gasteiger partial charge in [-0.05, 0) is 61.1 Å². The Morgan fingerprint density at radius 2 is 1.70 bits per heavy atom. The number of nitrogens with zero attached hydrogens (tertiary/aromatic N) is 1. The standard InChI is InChI=1S/C17H19ClN2/c1-12(13-8-10-19-11-9-13)20-17(14-2-3-14)15-4-6-16(18)7-5-15/h4-12,14,17,20H,2-3H2,1H3/t12-,17?/m1/s1. The summed E-state index contributed by atoms with van der Waals surface area (Å²) in [6, 6.07) is 13.1. The maximum atomic E-state index is 5.99. The highest BCUT2D eigenvalue weighted by atomic mass is 35.5. The molecule has 1 aromatic heterocycles. The van der Waals surface area contributed by atoms with Gasteiger partial charge in [0.15, 0.2) is 0 Å². The first-order valence-electron chi connectivity index (χ1n) is 7.15. The Morgan fingerprint density at radius 3 is 2.30 bits per heavy atom. The molecule has 1 fully saturated rings. The van der Waals surface area contributed by atoms with Gasteiger partial charge in [-0.15, -0.1) is 0 Å². The molecule has 1 aliphatic rings. The summed E-state index contributed by atoms with van der Waals surface area (Å²) in [7, 11) is 0. The van der Waals surface area contributed by atoms with Gasteiger partial charge in [0.25, 0.3) is 0 Å². The van der Waals surface area contributed by atoms with Crippen molar-refractivity contribution in [1.82, 2.24) is 10.3 Å². The molecule has 0 radical (unpaired) electrons. The number of benzene rings is 1. The zero-order chi connectivity index (χ0) is 13.9. The molecule has 3 heteroatoms. The van der Waals surface area contributed by atoms with E-state index < -0.39 is 0 Å². The summed E-state index contributed by atoms with van der Waals surface area (Å²) in [6.45, 7) is 2.21. The van der Waals surface area contributed by atoms with E-state index in [0.717, 1.165) is 10.9 Å². The summed E-state index contributed by atoms with van der Waals surface area (Å²) in [4.78, 5) is 4.08. The summed E-state index contributed by atoms with van der Waals surface area (Å²) in [5, 5.41) is 4.56. The second-order valence-corrected chi connectivity index (χ2v) is 5.97. The first-order chi connectivity index (χ1) is 9.74. The molecule has 1 unspecified atom stereocenters. The van der Waals surface area contributed by atoms with Gasteiger partial charge in [-0.2, -0.15) is 0 Å². The normalized spacial score (nSPS) is 17.7. The minimum Gasteiger partial charge on any atom is -0.303 e. The maximum Gasteiger partial charge on any atom is 0.0406 e. The molecule has 1 saturated carbocycles. The molecule has 20 heavy (non-hydrogen) atoms. The molecule has 2 atom stereocenters. The summed E-state index contributed by atoms with van der Waals surface area (Å²) in [5.41, 5.74) is 2.61. The van der Waals surface area contributed by atoms with Crippen LogP contribution in [0.25, 0.3) is 0 Å². The van der Waals surface area contributed by atoms with E-state index in [9.17, 15) is 0 Å². The minimum absolute atomic E-state index is 0.319. The van der Waals surface area contributed by atoms with Gasteiger partial charge >= 0.3 is 0 Å². The fourth-order valence-corrected chi connectivity index (χ4v) is 2.75. The molecule has 1 heterocycles. The summed E-state index contributed by atoms with van der Waals surface area (Å²) < 4.78 is 0. The predicted octanol–water partition coefficient (Wildman–Crippen LogP) is 4.54. The highest BCUT2D eigenvalue weighted by molar-refractivity contribution is 6.30. The molecular formula is C17H19ClN2. The molecule has 0 saturated heterocycles. The second kappa shape index (κ2) is 5.94. The van der Waals surface area contributed by atoms with Crippen molar-refractivity contribution in [2.24, 2.45) is 5.92 Å². The van der Waals surface area contributed by atoms with Crippen molar-refractivity contribution in [3.05, 3.63) is 64.9 Å². The van der Waals surface area contributed by atoms with Crippen LogP contribution in [0.5, 0.6) is 0 Å². The molecule has 0 amide bonds. The molecule has 2 nitrogen and oxygen atoms in total. The maximum absolute atomic E-state index is 5.99. The van der Waals surface area contributed by atoms with Crippen LogP contribution in [0.2, 0.25) is 5.02 Å². The quantitative estimate of drug-likeness (QED) is 0.873. The summed E-state index contributed by atoms with van der Waals surface area (Å²) in [5.74, 6) is 0.750. The smallest absolute Gasteiger partial charge is 0.0406 e. The predicted molar refractivity (Wildman–Crippen MR) is 82.7 cm³/mol. The van der Waals surface area contributed by atoms with Crippen molar-refractivity contribution in [2.75, 3.05) is 0 Å². The highest BCUT2D eigenvalue weighted by Crippen LogP contribution is 2.42. The van der Waals surface area contributed by atoms with Gasteiger partial charge in [-0.1, -0.05) is 23.7 Å². The Morgan fingerprint density at radius 1 is 1.05 bits per heavy atom. The van der Waals surface area contributed by atoms with Crippen LogP contribution in [0.1, 0.15) is 43.0 Å². The lowest BCUT2D eigenvalue weighted by Gasteiger charge is -2.24. The molecule has 0 aliphatic heterocycles. The van der Waals surface area contributed by atoms with E-state index in [1.165, 1.54) is 24.0 Å². The van der Waals surface area contributed by atoms with Crippen LogP contribution < -0.4 is 5.32 Å². The topological polar surface area (TPSA) is 24.9 Å². The van der Waals surface area contributed by atoms with Gasteiger partial charge < -0.3 is 5.32 Å². The lowest BCUT2D eigenvalue weighted by Crippen LogP contribution is -2.26. The van der Waals surface area contributed by atoms with Gasteiger partial charge in [0.05, 0.1) is 0 Å². The Bertz CT molecular complexity index is 549. The number of nitrogens with one attached hydrogen (secondary N) is 1. The first-order valence-corrected chi connectivity index (χ1v) is 7.53. The Labute approximate surface area is 125 Å². The third kappa shape index (κ3) is 3.20. The average Bonchev–Trinajstić information content (AvgIpc) is 3.31. The van der Waals surface area contributed by atoms with E-state index in [1.807, 2.05) is 24.5 Å². The molecule has 1 N–H and O–H groups in total. The molecule has 0 bridgehead atoms. The number of hydrogen-bond donors (Lipinski definition) is 1. The summed E-state index contributed by atoms with van der Waals surface area (Å²) >= 11 is 5.99. The van der Waals surface area contributed by atoms with E-state index in [0.29, 0.717) is 12.1 Å². The van der Waals surface area contributed by atoms with E-state index in [2.05, 4.69) is 41.5 Å². The SMILES string of the molecule is C[C@@H](NC(c1ccc(Cl)cc1)C1CC1)c1ccncc1. The van der Waals surface area contributed by atoms with Gasteiger partial charge in [-0.25, -0.2) is 0 Å². The largest absolute Gasteiger partial charge is 0.303 e. The van der Waals surface area contributed by atoms with Gasteiger partial charge in [0, 0.05) is 29.5 Å². The Hall–Kier alpha value is -1.38. The fourth-order valence-electron chi connectivity index (χ4n) is 2.62. The summed E-state index contributed by atoms with van der Waals surface area (Å²) in [6.07, 6.45) is 6.32. The van der Waals surface area contributed by atoms with Crippen LogP contribution in [0.3, 0.4) is 0 Å². The van der Waals surface area contributed by atoms with Crippen LogP contribution in [-0.4, -0.2) is 4.98 Å². The lowest BCUT2D eigenvalue weighted by atomic mass is 10.00. The van der Waals surface area contributed by atoms with Crippen LogP contribution in [-0.2, 0) is 0 Å². The first kappa shape index (κ1) is 13.6. The van der Waals surface area contributed by atoms with Crippen molar-refractivity contribution in [2.45, 2.75) is 31.8 Å². The van der Waals surface area contributed by atoms with Gasteiger partial charge in [0.1, 0.15) is 0 Å². The van der Waals surface area contributed by atoms with E-state index in [4.69, 9.17) is 11.6 Å². The molecule has 0 spiro atoms. The molecule has 2 aromatic rings. The van der Waals surface area contributed by atoms with Crippen LogP contribution in [0.4, 0.5) is 0 Å². The van der Waals surface area contributed by atoms with Crippen LogP contribution in [0.15, 0.2) is 48.8 Å². The fraction of sp³-hybridized carbons (Fsp3) is 0.353. The number of pyridine rings is 1. The third-order valence-electron chi connectivity index (χ3n) is 3.96. The van der Waals surface area contributed by atoms with Crippen molar-refractivity contribution in [3.63, 3.8) is 0 Å². The van der Waals surface area contributed by atoms with E-state index in [-0.39, 0.29) is 0 Å². The molecule has 3 rings (SSSR count). The highest BCUT2D eigenvalue weighted by Gasteiger charge is 2.33. The monoisotopic (exact) mass is 286 g/mol. The lowest BCUT2D eigenvalue weighted by molar-refractivity contribution is 0.427. The Kier molecular flexibility index (Phi) is 4.04.